The maximum absolute atomic E-state index is 3.10. The van der Waals surface area contributed by atoms with Gasteiger partial charge in [0.05, 0.1) is 0 Å². The molecule has 0 aliphatic carbocycles. The van der Waals surface area contributed by atoms with Gasteiger partial charge in [-0.25, -0.2) is 0 Å². The summed E-state index contributed by atoms with van der Waals surface area (Å²) in [6.45, 7) is 3.29. The molecule has 2 aromatic rings. The number of nitrogens with zero attached hydrogens (tertiary/aromatic N) is 1. The summed E-state index contributed by atoms with van der Waals surface area (Å²) >= 11 is 0. The molecule has 1 heterocycles. The van der Waals surface area contributed by atoms with Gasteiger partial charge in [0.1, 0.15) is 0 Å². The van der Waals surface area contributed by atoms with Crippen LogP contribution in [0.3, 0.4) is 0 Å². The molecule has 2 rings (SSSR count). The van der Waals surface area contributed by atoms with Gasteiger partial charge in [-0.3, -0.25) is 0 Å². The molecule has 0 N–H and O–H groups in total. The Bertz CT molecular complexity index is 373. The van der Waals surface area contributed by atoms with Crippen LogP contribution in [0.4, 0.5) is 0 Å². The van der Waals surface area contributed by atoms with Crippen LogP contribution in [0.2, 0.25) is 0 Å². The van der Waals surface area contributed by atoms with Crippen molar-refractivity contribution in [2.24, 2.45) is 0 Å². The van der Waals surface area contributed by atoms with Crippen LogP contribution >= 0.6 is 0 Å². The normalized spacial score (nSPS) is 10.8. The summed E-state index contributed by atoms with van der Waals surface area (Å²) in [4.78, 5) is 0. The molecular formula is C11H12N. The Balaban J connectivity index is 2.55. The molecule has 0 amide bonds. The molecule has 1 nitrogen and oxygen atoms in total. The third kappa shape index (κ3) is 1.11. The van der Waals surface area contributed by atoms with Gasteiger partial charge in [0, 0.05) is 18.3 Å². The maximum atomic E-state index is 3.10. The summed E-state index contributed by atoms with van der Waals surface area (Å²) in [6.07, 6.45) is 3.32. The molecule has 12 heavy (non-hydrogen) atoms. The molecule has 0 saturated heterocycles. The summed E-state index contributed by atoms with van der Waals surface area (Å²) in [5.41, 5.74) is 1.29. The minimum absolute atomic E-state index is 1.10. The maximum Gasteiger partial charge on any atom is 0.0486 e. The molecule has 0 fully saturated rings. The van der Waals surface area contributed by atoms with Crippen LogP contribution in [0.15, 0.2) is 30.5 Å². The first kappa shape index (κ1) is 7.41. The van der Waals surface area contributed by atoms with Gasteiger partial charge in [0.25, 0.3) is 0 Å². The van der Waals surface area contributed by atoms with Crippen molar-refractivity contribution in [3.63, 3.8) is 0 Å². The van der Waals surface area contributed by atoms with Crippen molar-refractivity contribution in [3.8, 4) is 0 Å². The van der Waals surface area contributed by atoms with Gasteiger partial charge in [-0.15, -0.1) is 0 Å². The molecule has 0 atom stereocenters. The van der Waals surface area contributed by atoms with Gasteiger partial charge < -0.3 is 4.57 Å². The van der Waals surface area contributed by atoms with Crippen molar-refractivity contribution in [1.29, 1.82) is 0 Å². The molecule has 0 aliphatic heterocycles. The number of aromatic nitrogens is 1. The van der Waals surface area contributed by atoms with Crippen LogP contribution in [-0.4, -0.2) is 4.57 Å². The molecule has 1 aromatic carbocycles. The van der Waals surface area contributed by atoms with Crippen LogP contribution in [0.25, 0.3) is 10.9 Å². The van der Waals surface area contributed by atoms with E-state index in [0.717, 1.165) is 6.54 Å². The van der Waals surface area contributed by atoms with E-state index < -0.39 is 0 Å². The molecule has 1 aromatic heterocycles. The summed E-state index contributed by atoms with van der Waals surface area (Å²) in [5, 5.41) is 1.31. The van der Waals surface area contributed by atoms with Crippen LogP contribution in [0.1, 0.15) is 13.3 Å². The number of rotatable bonds is 2. The minimum atomic E-state index is 1.10. The monoisotopic (exact) mass is 158 g/mol. The zero-order chi connectivity index (χ0) is 8.39. The first-order valence-electron chi connectivity index (χ1n) is 4.37. The number of aryl methyl sites for hydroxylation is 1. The Morgan fingerprint density at radius 2 is 2.33 bits per heavy atom. The second-order valence-corrected chi connectivity index (χ2v) is 2.99. The lowest BCUT2D eigenvalue weighted by molar-refractivity contribution is 0.703. The first-order valence-corrected chi connectivity index (χ1v) is 4.37. The topological polar surface area (TPSA) is 4.93 Å². The van der Waals surface area contributed by atoms with Crippen LogP contribution in [0, 0.1) is 6.07 Å². The Kier molecular flexibility index (Phi) is 1.86. The van der Waals surface area contributed by atoms with Gasteiger partial charge in [0.2, 0.25) is 0 Å². The van der Waals surface area contributed by atoms with Gasteiger partial charge in [-0.1, -0.05) is 19.1 Å². The Labute approximate surface area is 72.6 Å². The fourth-order valence-electron chi connectivity index (χ4n) is 1.51. The molecule has 0 bridgehead atoms. The Morgan fingerprint density at radius 3 is 3.17 bits per heavy atom. The highest BCUT2D eigenvalue weighted by molar-refractivity contribution is 5.79. The zero-order valence-electron chi connectivity index (χ0n) is 7.25. The van der Waals surface area contributed by atoms with Crippen LogP contribution in [0.5, 0.6) is 0 Å². The predicted molar refractivity (Wildman–Crippen MR) is 51.1 cm³/mol. The molecule has 61 valence electrons. The van der Waals surface area contributed by atoms with E-state index in [1.54, 1.807) is 0 Å². The van der Waals surface area contributed by atoms with E-state index in [9.17, 15) is 0 Å². The lowest BCUT2D eigenvalue weighted by Crippen LogP contribution is -1.92. The highest BCUT2D eigenvalue weighted by Gasteiger charge is 1.96. The third-order valence-electron chi connectivity index (χ3n) is 2.08. The van der Waals surface area contributed by atoms with Crippen molar-refractivity contribution in [1.82, 2.24) is 4.57 Å². The van der Waals surface area contributed by atoms with Gasteiger partial charge in [0.15, 0.2) is 0 Å². The van der Waals surface area contributed by atoms with Gasteiger partial charge in [-0.05, 0) is 30.0 Å². The van der Waals surface area contributed by atoms with Gasteiger partial charge in [-0.2, -0.15) is 0 Å². The molecule has 1 radical (unpaired) electrons. The molecule has 0 spiro atoms. The molecule has 0 saturated carbocycles. The van der Waals surface area contributed by atoms with Crippen molar-refractivity contribution >= 4 is 10.9 Å². The highest BCUT2D eigenvalue weighted by Crippen LogP contribution is 2.14. The minimum Gasteiger partial charge on any atom is -0.347 e. The summed E-state index contributed by atoms with van der Waals surface area (Å²) in [5.74, 6) is 0. The lowest BCUT2D eigenvalue weighted by Gasteiger charge is -2.00. The fourth-order valence-corrected chi connectivity index (χ4v) is 1.51. The zero-order valence-corrected chi connectivity index (χ0v) is 7.25. The number of benzene rings is 1. The second-order valence-electron chi connectivity index (χ2n) is 2.99. The third-order valence-corrected chi connectivity index (χ3v) is 2.08. The predicted octanol–water partition coefficient (Wildman–Crippen LogP) is 2.85. The average molecular weight is 158 g/mol. The van der Waals surface area contributed by atoms with Crippen LogP contribution < -0.4 is 0 Å². The summed E-state index contributed by atoms with van der Waals surface area (Å²) < 4.78 is 2.27. The van der Waals surface area contributed by atoms with E-state index in [0.29, 0.717) is 0 Å². The number of hydrogen-bond donors (Lipinski definition) is 0. The number of hydrogen-bond acceptors (Lipinski definition) is 0. The number of fused-ring (bicyclic) bond motifs is 1. The van der Waals surface area contributed by atoms with E-state index in [1.807, 2.05) is 12.1 Å². The molecule has 0 unspecified atom stereocenters. The van der Waals surface area contributed by atoms with Gasteiger partial charge >= 0.3 is 0 Å². The largest absolute Gasteiger partial charge is 0.347 e. The fraction of sp³-hybridized carbons (Fsp3) is 0.273. The van der Waals surface area contributed by atoms with E-state index >= 15 is 0 Å². The molecule has 1 heteroatoms. The summed E-state index contributed by atoms with van der Waals surface area (Å²) in [6, 6.07) is 11.4. The second kappa shape index (κ2) is 3.02. The smallest absolute Gasteiger partial charge is 0.0486 e. The summed E-state index contributed by atoms with van der Waals surface area (Å²) in [7, 11) is 0. The van der Waals surface area contributed by atoms with Crippen molar-refractivity contribution in [2.45, 2.75) is 19.9 Å². The molecular weight excluding hydrogens is 146 g/mol. The van der Waals surface area contributed by atoms with Crippen molar-refractivity contribution in [3.05, 3.63) is 36.5 Å². The Morgan fingerprint density at radius 1 is 1.42 bits per heavy atom. The van der Waals surface area contributed by atoms with Crippen LogP contribution in [-0.2, 0) is 6.54 Å². The van der Waals surface area contributed by atoms with E-state index in [-0.39, 0.29) is 0 Å². The van der Waals surface area contributed by atoms with Crippen molar-refractivity contribution in [2.75, 3.05) is 0 Å². The van der Waals surface area contributed by atoms with E-state index in [4.69, 9.17) is 0 Å². The average Bonchev–Trinajstić information content (AvgIpc) is 2.50. The standard InChI is InChI=1S/C11H12N/c1-2-8-12-9-7-10-5-3-4-6-11(10)12/h3,5-7,9H,2,8H2,1H3. The molecule has 0 aliphatic rings. The quantitative estimate of drug-likeness (QED) is 0.633. The van der Waals surface area contributed by atoms with Crippen molar-refractivity contribution < 1.29 is 0 Å². The first-order chi connectivity index (χ1) is 5.92. The SMILES string of the molecule is CCCn1ccc2cc[c]cc21. The van der Waals surface area contributed by atoms with E-state index in [2.05, 4.69) is 35.9 Å². The lowest BCUT2D eigenvalue weighted by atomic mass is 10.2. The van der Waals surface area contributed by atoms with E-state index in [1.165, 1.54) is 17.3 Å². The highest BCUT2D eigenvalue weighted by atomic mass is 14.9. The Hall–Kier alpha value is -1.24.